The monoisotopic (exact) mass is 268 g/mol. The van der Waals surface area contributed by atoms with E-state index in [9.17, 15) is 5.11 Å². The van der Waals surface area contributed by atoms with E-state index < -0.39 is 0 Å². The molecular weight excluding hydrogens is 248 g/mol. The van der Waals surface area contributed by atoms with Crippen molar-refractivity contribution >= 4 is 17.3 Å². The molecule has 18 heavy (non-hydrogen) atoms. The highest BCUT2D eigenvalue weighted by molar-refractivity contribution is 6.30. The molecule has 2 rings (SSSR count). The van der Waals surface area contributed by atoms with Gasteiger partial charge in [0.25, 0.3) is 0 Å². The Hall–Kier alpha value is -0.770. The van der Waals surface area contributed by atoms with Crippen molar-refractivity contribution in [3.8, 4) is 0 Å². The third-order valence-electron chi connectivity index (χ3n) is 3.35. The molecule has 3 nitrogen and oxygen atoms in total. The number of hydrogen-bond donors (Lipinski definition) is 2. The first-order valence-electron chi connectivity index (χ1n) is 6.31. The third kappa shape index (κ3) is 2.97. The van der Waals surface area contributed by atoms with Gasteiger partial charge < -0.3 is 15.3 Å². The van der Waals surface area contributed by atoms with Crippen molar-refractivity contribution in [2.45, 2.75) is 32.4 Å². The normalized spacial score (nSPS) is 23.2. The van der Waals surface area contributed by atoms with Crippen molar-refractivity contribution in [1.82, 2.24) is 5.32 Å². The van der Waals surface area contributed by atoms with Gasteiger partial charge in [0.05, 0.1) is 6.61 Å². The number of piperazine rings is 1. The van der Waals surface area contributed by atoms with E-state index in [2.05, 4.69) is 31.0 Å². The van der Waals surface area contributed by atoms with Crippen LogP contribution in [0.4, 0.5) is 5.69 Å². The van der Waals surface area contributed by atoms with Crippen LogP contribution in [0.3, 0.4) is 0 Å². The number of benzene rings is 1. The number of halogens is 1. The highest BCUT2D eigenvalue weighted by Crippen LogP contribution is 2.27. The molecule has 1 aliphatic heterocycles. The summed E-state index contributed by atoms with van der Waals surface area (Å²) < 4.78 is 0. The van der Waals surface area contributed by atoms with Crippen LogP contribution in [0, 0.1) is 6.92 Å². The lowest BCUT2D eigenvalue weighted by molar-refractivity contribution is 0.191. The van der Waals surface area contributed by atoms with E-state index in [0.717, 1.165) is 23.8 Å². The number of rotatable bonds is 2. The minimum Gasteiger partial charge on any atom is -0.395 e. The van der Waals surface area contributed by atoms with Crippen molar-refractivity contribution in [1.29, 1.82) is 0 Å². The van der Waals surface area contributed by atoms with Crippen LogP contribution in [0.25, 0.3) is 0 Å². The van der Waals surface area contributed by atoms with Crippen molar-refractivity contribution in [3.63, 3.8) is 0 Å². The van der Waals surface area contributed by atoms with Gasteiger partial charge in [0.2, 0.25) is 0 Å². The molecule has 1 unspecified atom stereocenters. The van der Waals surface area contributed by atoms with E-state index in [1.54, 1.807) is 0 Å². The summed E-state index contributed by atoms with van der Waals surface area (Å²) in [5, 5.41) is 13.6. The van der Waals surface area contributed by atoms with Gasteiger partial charge in [0.1, 0.15) is 0 Å². The van der Waals surface area contributed by atoms with Gasteiger partial charge in [-0.15, -0.1) is 0 Å². The molecule has 0 aromatic heterocycles. The van der Waals surface area contributed by atoms with Crippen LogP contribution in [0.15, 0.2) is 18.2 Å². The number of hydrogen-bond acceptors (Lipinski definition) is 3. The predicted octanol–water partition coefficient (Wildman–Crippen LogP) is 2.20. The second-order valence-electron chi connectivity index (χ2n) is 5.72. The van der Waals surface area contributed by atoms with Gasteiger partial charge in [-0.2, -0.15) is 0 Å². The summed E-state index contributed by atoms with van der Waals surface area (Å²) in [6, 6.07) is 6.07. The summed E-state index contributed by atoms with van der Waals surface area (Å²) in [6.07, 6.45) is 0. The first-order chi connectivity index (χ1) is 8.41. The predicted molar refractivity (Wildman–Crippen MR) is 76.5 cm³/mol. The molecule has 0 bridgehead atoms. The molecule has 1 aromatic carbocycles. The Morgan fingerprint density at radius 3 is 2.89 bits per heavy atom. The highest BCUT2D eigenvalue weighted by Gasteiger charge is 2.32. The van der Waals surface area contributed by atoms with Crippen molar-refractivity contribution in [3.05, 3.63) is 28.8 Å². The van der Waals surface area contributed by atoms with Crippen LogP contribution in [0.1, 0.15) is 19.4 Å². The van der Waals surface area contributed by atoms with E-state index in [0.29, 0.717) is 0 Å². The largest absolute Gasteiger partial charge is 0.395 e. The van der Waals surface area contributed by atoms with Gasteiger partial charge in [-0.3, -0.25) is 0 Å². The van der Waals surface area contributed by atoms with E-state index in [1.807, 2.05) is 18.2 Å². The van der Waals surface area contributed by atoms with Gasteiger partial charge >= 0.3 is 0 Å². The smallest absolute Gasteiger partial charge is 0.0602 e. The summed E-state index contributed by atoms with van der Waals surface area (Å²) in [6.45, 7) is 8.27. The SMILES string of the molecule is Cc1ccc(Cl)cc1N1CC(CO)NC(C)(C)C1. The topological polar surface area (TPSA) is 35.5 Å². The van der Waals surface area contributed by atoms with Crippen LogP contribution in [0.5, 0.6) is 0 Å². The molecule has 4 heteroatoms. The molecule has 1 saturated heterocycles. The minimum absolute atomic E-state index is 0.0135. The lowest BCUT2D eigenvalue weighted by atomic mass is 9.97. The van der Waals surface area contributed by atoms with Crippen LogP contribution in [-0.4, -0.2) is 36.4 Å². The maximum Gasteiger partial charge on any atom is 0.0602 e. The first kappa shape index (κ1) is 13.7. The zero-order valence-corrected chi connectivity index (χ0v) is 12.0. The van der Waals surface area contributed by atoms with Crippen LogP contribution in [0.2, 0.25) is 5.02 Å². The molecule has 0 spiro atoms. The fraction of sp³-hybridized carbons (Fsp3) is 0.571. The standard InChI is InChI=1S/C14H21ClN2O/c1-10-4-5-11(15)6-13(10)17-7-12(8-18)16-14(2,3)9-17/h4-6,12,16,18H,7-9H2,1-3H3. The van der Waals surface area contributed by atoms with Crippen molar-refractivity contribution in [2.75, 3.05) is 24.6 Å². The molecule has 0 amide bonds. The van der Waals surface area contributed by atoms with Crippen LogP contribution < -0.4 is 10.2 Å². The Labute approximate surface area is 114 Å². The Bertz CT molecular complexity index is 434. The van der Waals surface area contributed by atoms with Crippen LogP contribution >= 0.6 is 11.6 Å². The van der Waals surface area contributed by atoms with Gasteiger partial charge in [-0.05, 0) is 38.5 Å². The fourth-order valence-electron chi connectivity index (χ4n) is 2.66. The van der Waals surface area contributed by atoms with Crippen LogP contribution in [-0.2, 0) is 0 Å². The molecular formula is C14H21ClN2O. The number of aliphatic hydroxyl groups is 1. The average Bonchev–Trinajstić information content (AvgIpc) is 2.30. The Morgan fingerprint density at radius 1 is 1.50 bits per heavy atom. The van der Waals surface area contributed by atoms with E-state index in [4.69, 9.17) is 11.6 Å². The summed E-state index contributed by atoms with van der Waals surface area (Å²) in [5.74, 6) is 0. The highest BCUT2D eigenvalue weighted by atomic mass is 35.5. The maximum absolute atomic E-state index is 9.40. The summed E-state index contributed by atoms with van der Waals surface area (Å²) >= 11 is 6.09. The Morgan fingerprint density at radius 2 is 2.22 bits per heavy atom. The molecule has 1 fully saturated rings. The van der Waals surface area contributed by atoms with Gasteiger partial charge in [-0.1, -0.05) is 17.7 Å². The van der Waals surface area contributed by atoms with Gasteiger partial charge in [0.15, 0.2) is 0 Å². The zero-order valence-electron chi connectivity index (χ0n) is 11.2. The summed E-state index contributed by atoms with van der Waals surface area (Å²) in [4.78, 5) is 2.30. The molecule has 2 N–H and O–H groups in total. The third-order valence-corrected chi connectivity index (χ3v) is 3.59. The quantitative estimate of drug-likeness (QED) is 0.863. The van der Waals surface area contributed by atoms with E-state index in [1.165, 1.54) is 5.56 Å². The molecule has 0 radical (unpaired) electrons. The average molecular weight is 269 g/mol. The second kappa shape index (κ2) is 5.08. The second-order valence-corrected chi connectivity index (χ2v) is 6.16. The Kier molecular flexibility index (Phi) is 3.85. The number of anilines is 1. The minimum atomic E-state index is -0.0135. The molecule has 1 heterocycles. The summed E-state index contributed by atoms with van der Waals surface area (Å²) in [7, 11) is 0. The van der Waals surface area contributed by atoms with Gasteiger partial charge in [-0.25, -0.2) is 0 Å². The lowest BCUT2D eigenvalue weighted by Gasteiger charge is -2.45. The molecule has 1 aromatic rings. The fourth-order valence-corrected chi connectivity index (χ4v) is 2.83. The molecule has 0 saturated carbocycles. The number of nitrogens with zero attached hydrogens (tertiary/aromatic N) is 1. The number of nitrogens with one attached hydrogen (secondary N) is 1. The molecule has 1 atom stereocenters. The van der Waals surface area contributed by atoms with E-state index in [-0.39, 0.29) is 18.2 Å². The zero-order chi connectivity index (χ0) is 13.3. The maximum atomic E-state index is 9.40. The number of aliphatic hydroxyl groups excluding tert-OH is 1. The Balaban J connectivity index is 2.29. The number of aryl methyl sites for hydroxylation is 1. The first-order valence-corrected chi connectivity index (χ1v) is 6.69. The molecule has 100 valence electrons. The molecule has 0 aliphatic carbocycles. The lowest BCUT2D eigenvalue weighted by Crippen LogP contribution is -2.63. The van der Waals surface area contributed by atoms with Crippen molar-refractivity contribution in [2.24, 2.45) is 0 Å². The van der Waals surface area contributed by atoms with Gasteiger partial charge in [0, 0.05) is 35.4 Å². The molecule has 1 aliphatic rings. The van der Waals surface area contributed by atoms with E-state index >= 15 is 0 Å². The van der Waals surface area contributed by atoms with Crippen molar-refractivity contribution < 1.29 is 5.11 Å². The summed E-state index contributed by atoms with van der Waals surface area (Å²) in [5.41, 5.74) is 2.37.